The highest BCUT2D eigenvalue weighted by molar-refractivity contribution is 5.76. The van der Waals surface area contributed by atoms with E-state index in [2.05, 4.69) is 19.2 Å². The molecule has 3 N–H and O–H groups in total. The molecule has 0 unspecified atom stereocenters. The van der Waals surface area contributed by atoms with Crippen LogP contribution in [0.1, 0.15) is 90.9 Å². The molecule has 1 aliphatic carbocycles. The molecule has 0 heterocycles. The second kappa shape index (κ2) is 11.9. The summed E-state index contributed by atoms with van der Waals surface area (Å²) < 4.78 is 0. The van der Waals surface area contributed by atoms with E-state index in [0.717, 1.165) is 31.2 Å². The van der Waals surface area contributed by atoms with Crippen molar-refractivity contribution in [3.05, 3.63) is 0 Å². The van der Waals surface area contributed by atoms with Gasteiger partial charge in [-0.15, -0.1) is 0 Å². The van der Waals surface area contributed by atoms with Gasteiger partial charge in [0, 0.05) is 12.5 Å². The van der Waals surface area contributed by atoms with E-state index in [-0.39, 0.29) is 5.91 Å². The summed E-state index contributed by atoms with van der Waals surface area (Å²) in [6.45, 7) is 5.46. The Kier molecular flexibility index (Phi) is 10.6. The van der Waals surface area contributed by atoms with E-state index in [1.807, 2.05) is 0 Å². The van der Waals surface area contributed by atoms with Crippen LogP contribution in [-0.4, -0.2) is 18.5 Å². The lowest BCUT2D eigenvalue weighted by Gasteiger charge is -2.31. The van der Waals surface area contributed by atoms with Crippen molar-refractivity contribution in [3.63, 3.8) is 0 Å². The number of hydrogen-bond acceptors (Lipinski definition) is 2. The van der Waals surface area contributed by atoms with Crippen molar-refractivity contribution in [3.8, 4) is 0 Å². The normalized spacial score (nSPS) is 22.0. The zero-order chi connectivity index (χ0) is 16.2. The molecule has 0 aromatic carbocycles. The Morgan fingerprint density at radius 1 is 0.955 bits per heavy atom. The molecule has 3 nitrogen and oxygen atoms in total. The molecule has 22 heavy (non-hydrogen) atoms. The van der Waals surface area contributed by atoms with Crippen molar-refractivity contribution < 1.29 is 4.79 Å². The lowest BCUT2D eigenvalue weighted by atomic mass is 9.79. The maximum Gasteiger partial charge on any atom is 0.220 e. The zero-order valence-corrected chi connectivity index (χ0v) is 14.9. The summed E-state index contributed by atoms with van der Waals surface area (Å²) in [6.07, 6.45) is 14.1. The number of nitrogens with one attached hydrogen (secondary N) is 1. The Morgan fingerprint density at radius 3 is 2.05 bits per heavy atom. The summed E-state index contributed by atoms with van der Waals surface area (Å²) in [6, 6.07) is 0.443. The number of hydrogen-bond donors (Lipinski definition) is 2. The van der Waals surface area contributed by atoms with Crippen molar-refractivity contribution >= 4 is 5.91 Å². The van der Waals surface area contributed by atoms with Crippen LogP contribution in [0, 0.1) is 11.8 Å². The van der Waals surface area contributed by atoms with E-state index in [1.165, 1.54) is 57.8 Å². The molecule has 1 fully saturated rings. The van der Waals surface area contributed by atoms with Gasteiger partial charge < -0.3 is 11.1 Å². The standard InChI is InChI=1S/C19H38N2O/c1-16(2)17-11-13-18(14-12-17)21-19(22)10-8-6-4-3-5-7-9-15-20/h16-18H,3-15,20H2,1-2H3,(H,21,22). The third-order valence-corrected chi connectivity index (χ3v) is 5.19. The quantitative estimate of drug-likeness (QED) is 0.556. The fourth-order valence-corrected chi connectivity index (χ4v) is 3.54. The maximum atomic E-state index is 12.0. The lowest BCUT2D eigenvalue weighted by molar-refractivity contribution is -0.122. The smallest absolute Gasteiger partial charge is 0.220 e. The molecule has 1 rings (SSSR count). The summed E-state index contributed by atoms with van der Waals surface area (Å²) in [5, 5.41) is 3.24. The number of nitrogens with two attached hydrogens (primary N) is 1. The number of carbonyl (C=O) groups excluding carboxylic acids is 1. The van der Waals surface area contributed by atoms with Crippen molar-refractivity contribution in [2.24, 2.45) is 17.6 Å². The topological polar surface area (TPSA) is 55.1 Å². The summed E-state index contributed by atoms with van der Waals surface area (Å²) in [5.41, 5.74) is 5.48. The summed E-state index contributed by atoms with van der Waals surface area (Å²) in [5.74, 6) is 1.94. The molecule has 0 aliphatic heterocycles. The molecular formula is C19H38N2O. The Labute approximate surface area is 137 Å². The maximum absolute atomic E-state index is 12.0. The molecule has 0 aromatic rings. The number of carbonyl (C=O) groups is 1. The van der Waals surface area contributed by atoms with Crippen LogP contribution in [0.4, 0.5) is 0 Å². The molecule has 0 aromatic heterocycles. The van der Waals surface area contributed by atoms with Crippen LogP contribution < -0.4 is 11.1 Å². The first-order chi connectivity index (χ1) is 10.6. The molecule has 1 saturated carbocycles. The highest BCUT2D eigenvalue weighted by Crippen LogP contribution is 2.29. The molecular weight excluding hydrogens is 272 g/mol. The molecule has 0 atom stereocenters. The minimum Gasteiger partial charge on any atom is -0.353 e. The van der Waals surface area contributed by atoms with Crippen LogP contribution >= 0.6 is 0 Å². The Morgan fingerprint density at radius 2 is 1.50 bits per heavy atom. The van der Waals surface area contributed by atoms with E-state index in [1.54, 1.807) is 0 Å². The Bertz CT molecular complexity index is 283. The predicted molar refractivity (Wildman–Crippen MR) is 94.7 cm³/mol. The molecule has 130 valence electrons. The SMILES string of the molecule is CC(C)C1CCC(NC(=O)CCCCCCCCCN)CC1. The molecule has 3 heteroatoms. The average Bonchev–Trinajstić information content (AvgIpc) is 2.50. The zero-order valence-electron chi connectivity index (χ0n) is 14.9. The van der Waals surface area contributed by atoms with Gasteiger partial charge in [-0.05, 0) is 56.9 Å². The van der Waals surface area contributed by atoms with Gasteiger partial charge in [0.1, 0.15) is 0 Å². The van der Waals surface area contributed by atoms with E-state index in [4.69, 9.17) is 5.73 Å². The van der Waals surface area contributed by atoms with Crippen molar-refractivity contribution in [1.82, 2.24) is 5.32 Å². The summed E-state index contributed by atoms with van der Waals surface area (Å²) in [7, 11) is 0. The third kappa shape index (κ3) is 8.77. The molecule has 1 amide bonds. The molecule has 0 saturated heterocycles. The van der Waals surface area contributed by atoms with Gasteiger partial charge in [-0.2, -0.15) is 0 Å². The van der Waals surface area contributed by atoms with Gasteiger partial charge in [-0.3, -0.25) is 4.79 Å². The van der Waals surface area contributed by atoms with E-state index in [0.29, 0.717) is 12.5 Å². The predicted octanol–water partition coefficient (Wildman–Crippen LogP) is 4.40. The number of rotatable bonds is 11. The first-order valence-electron chi connectivity index (χ1n) is 9.63. The summed E-state index contributed by atoms with van der Waals surface area (Å²) >= 11 is 0. The Hall–Kier alpha value is -0.570. The van der Waals surface area contributed by atoms with Crippen molar-refractivity contribution in [2.45, 2.75) is 96.9 Å². The van der Waals surface area contributed by atoms with Crippen LogP contribution in [0.15, 0.2) is 0 Å². The molecule has 0 radical (unpaired) electrons. The minimum absolute atomic E-state index is 0.274. The van der Waals surface area contributed by atoms with Crippen LogP contribution in [-0.2, 0) is 4.79 Å². The van der Waals surface area contributed by atoms with Gasteiger partial charge in [-0.1, -0.05) is 46.0 Å². The highest BCUT2D eigenvalue weighted by Gasteiger charge is 2.23. The van der Waals surface area contributed by atoms with Gasteiger partial charge in [0.2, 0.25) is 5.91 Å². The second-order valence-corrected chi connectivity index (χ2v) is 7.44. The van der Waals surface area contributed by atoms with Gasteiger partial charge in [0.15, 0.2) is 0 Å². The monoisotopic (exact) mass is 310 g/mol. The van der Waals surface area contributed by atoms with Crippen LogP contribution in [0.2, 0.25) is 0 Å². The fourth-order valence-electron chi connectivity index (χ4n) is 3.54. The fraction of sp³-hybridized carbons (Fsp3) is 0.947. The van der Waals surface area contributed by atoms with E-state index >= 15 is 0 Å². The van der Waals surface area contributed by atoms with Crippen molar-refractivity contribution in [1.29, 1.82) is 0 Å². The summed E-state index contributed by atoms with van der Waals surface area (Å²) in [4.78, 5) is 12.0. The van der Waals surface area contributed by atoms with Crippen LogP contribution in [0.25, 0.3) is 0 Å². The van der Waals surface area contributed by atoms with Gasteiger partial charge in [-0.25, -0.2) is 0 Å². The largest absolute Gasteiger partial charge is 0.353 e. The number of amides is 1. The second-order valence-electron chi connectivity index (χ2n) is 7.44. The van der Waals surface area contributed by atoms with Gasteiger partial charge in [0.25, 0.3) is 0 Å². The van der Waals surface area contributed by atoms with Crippen LogP contribution in [0.5, 0.6) is 0 Å². The molecule has 0 spiro atoms. The third-order valence-electron chi connectivity index (χ3n) is 5.19. The Balaban J connectivity index is 1.96. The first-order valence-corrected chi connectivity index (χ1v) is 9.63. The van der Waals surface area contributed by atoms with Gasteiger partial charge >= 0.3 is 0 Å². The lowest BCUT2D eigenvalue weighted by Crippen LogP contribution is -2.38. The van der Waals surface area contributed by atoms with Gasteiger partial charge in [0.05, 0.1) is 0 Å². The average molecular weight is 311 g/mol. The number of unbranched alkanes of at least 4 members (excludes halogenated alkanes) is 6. The highest BCUT2D eigenvalue weighted by atomic mass is 16.1. The molecule has 0 bridgehead atoms. The molecule has 1 aliphatic rings. The van der Waals surface area contributed by atoms with E-state index in [9.17, 15) is 4.79 Å². The van der Waals surface area contributed by atoms with E-state index < -0.39 is 0 Å². The minimum atomic E-state index is 0.274. The van der Waals surface area contributed by atoms with Crippen molar-refractivity contribution in [2.75, 3.05) is 6.54 Å². The van der Waals surface area contributed by atoms with Crippen LogP contribution in [0.3, 0.4) is 0 Å². The first kappa shape index (κ1) is 19.5.